The van der Waals surface area contributed by atoms with Crippen molar-refractivity contribution in [3.05, 3.63) is 138 Å². The average molecular weight is 488 g/mol. The van der Waals surface area contributed by atoms with Crippen LogP contribution in [-0.4, -0.2) is 4.98 Å². The molecule has 0 saturated carbocycles. The summed E-state index contributed by atoms with van der Waals surface area (Å²) >= 11 is 0. The van der Waals surface area contributed by atoms with Gasteiger partial charge in [-0.05, 0) is 98.0 Å². The Kier molecular flexibility index (Phi) is 5.63. The van der Waals surface area contributed by atoms with Crippen LogP contribution in [0.25, 0.3) is 55.6 Å². The molecule has 0 atom stereocenters. The molecule has 0 N–H and O–H groups in total. The number of hydrogen-bond acceptors (Lipinski definition) is 1. The highest BCUT2D eigenvalue weighted by Crippen LogP contribution is 2.44. The Hall–Kier alpha value is -4.49. The third kappa shape index (κ3) is 3.83. The molecule has 0 radical (unpaired) electrons. The number of aromatic nitrogens is 1. The van der Waals surface area contributed by atoms with Gasteiger partial charge >= 0.3 is 0 Å². The molecule has 0 spiro atoms. The van der Waals surface area contributed by atoms with Crippen LogP contribution in [0.2, 0.25) is 0 Å². The van der Waals surface area contributed by atoms with Gasteiger partial charge in [-0.2, -0.15) is 0 Å². The highest BCUT2D eigenvalue weighted by molar-refractivity contribution is 6.19. The van der Waals surface area contributed by atoms with Crippen LogP contribution in [0.5, 0.6) is 0 Å². The Morgan fingerprint density at radius 1 is 0.605 bits per heavy atom. The standard InChI is InChI=1S/C37H29N/c1-2-25-14-16-26(17-15-25)36-31-9-3-5-11-33(31)37(34-12-6-4-10-32(34)36)30-21-19-27-23-29(20-18-28(27)24-30)35-13-7-8-22-38-35/h3-18,20,22-24H,2,19,21H2,1H3. The number of rotatable bonds is 4. The molecule has 6 aromatic rings. The van der Waals surface area contributed by atoms with Gasteiger partial charge in [-0.25, -0.2) is 0 Å². The minimum atomic E-state index is 1.03. The fourth-order valence-electron chi connectivity index (χ4n) is 6.07. The number of aryl methyl sites for hydroxylation is 2. The Morgan fingerprint density at radius 2 is 1.24 bits per heavy atom. The molecule has 1 heterocycles. The lowest BCUT2D eigenvalue weighted by atomic mass is 9.81. The van der Waals surface area contributed by atoms with Crippen molar-refractivity contribution in [2.24, 2.45) is 0 Å². The molecule has 0 amide bonds. The SMILES string of the molecule is CCc1ccc(-c2c3ccccc3c(C3=Cc4ccc(-c5ccccn5)cc4CC3)c3ccccc23)cc1. The summed E-state index contributed by atoms with van der Waals surface area (Å²) in [5, 5.41) is 5.31. The third-order valence-electron chi connectivity index (χ3n) is 8.00. The van der Waals surface area contributed by atoms with E-state index in [4.69, 9.17) is 0 Å². The van der Waals surface area contributed by atoms with Gasteiger partial charge < -0.3 is 0 Å². The van der Waals surface area contributed by atoms with E-state index >= 15 is 0 Å². The summed E-state index contributed by atoms with van der Waals surface area (Å²) in [6, 6.07) is 40.0. The summed E-state index contributed by atoms with van der Waals surface area (Å²) in [6.07, 6.45) is 7.40. The summed E-state index contributed by atoms with van der Waals surface area (Å²) in [5.41, 5.74) is 11.7. The van der Waals surface area contributed by atoms with Gasteiger partial charge in [0.15, 0.2) is 0 Å². The van der Waals surface area contributed by atoms with E-state index in [9.17, 15) is 0 Å². The third-order valence-corrected chi connectivity index (χ3v) is 8.00. The van der Waals surface area contributed by atoms with E-state index in [1.54, 1.807) is 0 Å². The maximum Gasteiger partial charge on any atom is 0.0702 e. The van der Waals surface area contributed by atoms with Gasteiger partial charge in [-0.3, -0.25) is 4.98 Å². The van der Waals surface area contributed by atoms with Crippen LogP contribution in [0.15, 0.2) is 115 Å². The monoisotopic (exact) mass is 487 g/mol. The molecule has 182 valence electrons. The Balaban J connectivity index is 1.43. The van der Waals surface area contributed by atoms with Crippen LogP contribution < -0.4 is 0 Å². The van der Waals surface area contributed by atoms with Gasteiger partial charge in [0.25, 0.3) is 0 Å². The van der Waals surface area contributed by atoms with Crippen LogP contribution in [0.1, 0.15) is 35.6 Å². The molecule has 0 unspecified atom stereocenters. The largest absolute Gasteiger partial charge is 0.256 e. The highest BCUT2D eigenvalue weighted by Gasteiger charge is 2.20. The second-order valence-electron chi connectivity index (χ2n) is 10.2. The van der Waals surface area contributed by atoms with Crippen LogP contribution in [0.4, 0.5) is 0 Å². The number of nitrogens with zero attached hydrogens (tertiary/aromatic N) is 1. The van der Waals surface area contributed by atoms with E-state index in [0.717, 1.165) is 25.0 Å². The first-order valence-corrected chi connectivity index (χ1v) is 13.6. The van der Waals surface area contributed by atoms with Crippen LogP contribution in [0.3, 0.4) is 0 Å². The summed E-state index contributed by atoms with van der Waals surface area (Å²) in [4.78, 5) is 4.56. The zero-order valence-electron chi connectivity index (χ0n) is 21.6. The van der Waals surface area contributed by atoms with Gasteiger partial charge in [0.1, 0.15) is 0 Å². The zero-order valence-corrected chi connectivity index (χ0v) is 21.6. The molecule has 0 bridgehead atoms. The van der Waals surface area contributed by atoms with E-state index < -0.39 is 0 Å². The van der Waals surface area contributed by atoms with Crippen molar-refractivity contribution in [1.82, 2.24) is 4.98 Å². The number of benzene rings is 5. The van der Waals surface area contributed by atoms with Crippen LogP contribution in [-0.2, 0) is 12.8 Å². The molecular formula is C37H29N. The molecule has 1 aromatic heterocycles. The Bertz CT molecular complexity index is 1770. The summed E-state index contributed by atoms with van der Waals surface area (Å²) in [6.45, 7) is 2.21. The smallest absolute Gasteiger partial charge is 0.0702 e. The molecule has 5 aromatic carbocycles. The molecule has 0 fully saturated rings. The lowest BCUT2D eigenvalue weighted by molar-refractivity contribution is 1.00. The fourth-order valence-corrected chi connectivity index (χ4v) is 6.07. The minimum absolute atomic E-state index is 1.03. The maximum atomic E-state index is 4.56. The highest BCUT2D eigenvalue weighted by atomic mass is 14.7. The number of hydrogen-bond donors (Lipinski definition) is 0. The molecule has 7 rings (SSSR count). The van der Waals surface area contributed by atoms with E-state index in [2.05, 4.69) is 121 Å². The lowest BCUT2D eigenvalue weighted by Gasteiger charge is -2.22. The van der Waals surface area contributed by atoms with Crippen molar-refractivity contribution in [1.29, 1.82) is 0 Å². The van der Waals surface area contributed by atoms with Crippen molar-refractivity contribution < 1.29 is 0 Å². The molecule has 38 heavy (non-hydrogen) atoms. The second kappa shape index (κ2) is 9.43. The molecule has 1 aliphatic carbocycles. The van der Waals surface area contributed by atoms with Crippen molar-refractivity contribution in [3.8, 4) is 22.4 Å². The Labute approximate surface area is 224 Å². The topological polar surface area (TPSA) is 12.9 Å². The van der Waals surface area contributed by atoms with E-state index in [1.807, 2.05) is 12.3 Å². The minimum Gasteiger partial charge on any atom is -0.256 e. The molecule has 0 saturated heterocycles. The van der Waals surface area contributed by atoms with Crippen molar-refractivity contribution in [2.75, 3.05) is 0 Å². The van der Waals surface area contributed by atoms with Crippen molar-refractivity contribution >= 4 is 33.2 Å². The normalized spacial score (nSPS) is 12.9. The first-order chi connectivity index (χ1) is 18.8. The van der Waals surface area contributed by atoms with Gasteiger partial charge in [0.2, 0.25) is 0 Å². The molecular weight excluding hydrogens is 458 g/mol. The molecule has 1 nitrogen and oxygen atoms in total. The predicted octanol–water partition coefficient (Wildman–Crippen LogP) is 9.77. The van der Waals surface area contributed by atoms with Crippen LogP contribution >= 0.6 is 0 Å². The average Bonchev–Trinajstić information content (AvgIpc) is 3.00. The summed E-state index contributed by atoms with van der Waals surface area (Å²) in [5.74, 6) is 0. The summed E-state index contributed by atoms with van der Waals surface area (Å²) < 4.78 is 0. The van der Waals surface area contributed by atoms with Crippen molar-refractivity contribution in [3.63, 3.8) is 0 Å². The number of allylic oxidation sites excluding steroid dienone is 1. The maximum absolute atomic E-state index is 4.56. The van der Waals surface area contributed by atoms with Gasteiger partial charge in [-0.15, -0.1) is 0 Å². The first kappa shape index (κ1) is 22.7. The predicted molar refractivity (Wildman–Crippen MR) is 162 cm³/mol. The molecule has 1 heteroatoms. The second-order valence-corrected chi connectivity index (χ2v) is 10.2. The van der Waals surface area contributed by atoms with E-state index in [-0.39, 0.29) is 0 Å². The Morgan fingerprint density at radius 3 is 1.87 bits per heavy atom. The van der Waals surface area contributed by atoms with Crippen molar-refractivity contribution in [2.45, 2.75) is 26.2 Å². The quantitative estimate of drug-likeness (QED) is 0.226. The van der Waals surface area contributed by atoms with E-state index in [0.29, 0.717) is 0 Å². The summed E-state index contributed by atoms with van der Waals surface area (Å²) in [7, 11) is 0. The lowest BCUT2D eigenvalue weighted by Crippen LogP contribution is -2.01. The number of pyridine rings is 1. The molecule has 1 aliphatic rings. The van der Waals surface area contributed by atoms with Gasteiger partial charge in [-0.1, -0.05) is 104 Å². The van der Waals surface area contributed by atoms with Crippen LogP contribution in [0, 0.1) is 0 Å². The van der Waals surface area contributed by atoms with E-state index in [1.165, 1.54) is 66.1 Å². The molecule has 0 aliphatic heterocycles. The van der Waals surface area contributed by atoms with Gasteiger partial charge in [0.05, 0.1) is 5.69 Å². The van der Waals surface area contributed by atoms with Gasteiger partial charge in [0, 0.05) is 11.8 Å². The number of fused-ring (bicyclic) bond motifs is 3. The fraction of sp³-hybridized carbons (Fsp3) is 0.108. The first-order valence-electron chi connectivity index (χ1n) is 13.6. The zero-order chi connectivity index (χ0) is 25.5.